The maximum absolute atomic E-state index is 3.26. The molecular formula is C10H23N. The van der Waals surface area contributed by atoms with Crippen LogP contribution in [0.25, 0.3) is 0 Å². The van der Waals surface area contributed by atoms with Crippen LogP contribution in [0, 0.1) is 17.3 Å². The molecule has 0 saturated carbocycles. The maximum atomic E-state index is 3.26. The van der Waals surface area contributed by atoms with E-state index in [0.717, 1.165) is 18.4 Å². The molecule has 1 N–H and O–H groups in total. The highest BCUT2D eigenvalue weighted by Crippen LogP contribution is 2.31. The average Bonchev–Trinajstić information content (AvgIpc) is 1.79. The molecule has 0 aliphatic heterocycles. The Morgan fingerprint density at radius 2 is 1.64 bits per heavy atom. The zero-order chi connectivity index (χ0) is 9.07. The topological polar surface area (TPSA) is 12.0 Å². The lowest BCUT2D eigenvalue weighted by molar-refractivity contribution is 0.177. The van der Waals surface area contributed by atoms with Gasteiger partial charge in [-0.1, -0.05) is 34.6 Å². The Balaban J connectivity index is 4.10. The first-order chi connectivity index (χ1) is 4.89. The second kappa shape index (κ2) is 4.10. The van der Waals surface area contributed by atoms with Crippen molar-refractivity contribution in [1.82, 2.24) is 5.32 Å². The monoisotopic (exact) mass is 157 g/mol. The lowest BCUT2D eigenvalue weighted by atomic mass is 9.74. The van der Waals surface area contributed by atoms with Crippen molar-refractivity contribution < 1.29 is 0 Å². The highest BCUT2D eigenvalue weighted by atomic mass is 14.8. The second-order valence-electron chi connectivity index (χ2n) is 4.77. The molecule has 1 nitrogen and oxygen atoms in total. The molecule has 11 heavy (non-hydrogen) atoms. The fourth-order valence-corrected chi connectivity index (χ4v) is 1.76. The van der Waals surface area contributed by atoms with Crippen molar-refractivity contribution in [2.45, 2.75) is 34.6 Å². The van der Waals surface area contributed by atoms with E-state index in [1.165, 1.54) is 0 Å². The summed E-state index contributed by atoms with van der Waals surface area (Å²) >= 11 is 0. The van der Waals surface area contributed by atoms with E-state index < -0.39 is 0 Å². The summed E-state index contributed by atoms with van der Waals surface area (Å²) < 4.78 is 0. The Kier molecular flexibility index (Phi) is 4.09. The standard InChI is InChI=1S/C10H23N/c1-8(2)9(7-11-6)10(3,4)5/h8-9,11H,7H2,1-6H3/t9-/m1/s1. The molecule has 0 heterocycles. The molecule has 0 unspecified atom stereocenters. The highest BCUT2D eigenvalue weighted by Gasteiger charge is 2.26. The predicted molar refractivity (Wildman–Crippen MR) is 51.7 cm³/mol. The number of rotatable bonds is 3. The minimum absolute atomic E-state index is 0.428. The summed E-state index contributed by atoms with van der Waals surface area (Å²) in [6.45, 7) is 12.7. The third-order valence-electron chi connectivity index (χ3n) is 2.34. The SMILES string of the molecule is CNC[C@H](C(C)C)C(C)(C)C. The van der Waals surface area contributed by atoms with Crippen molar-refractivity contribution >= 4 is 0 Å². The van der Waals surface area contributed by atoms with E-state index in [1.807, 2.05) is 7.05 Å². The molecule has 1 atom stereocenters. The van der Waals surface area contributed by atoms with Crippen LogP contribution < -0.4 is 5.32 Å². The van der Waals surface area contributed by atoms with Crippen LogP contribution in [0.3, 0.4) is 0 Å². The van der Waals surface area contributed by atoms with E-state index in [2.05, 4.69) is 39.9 Å². The van der Waals surface area contributed by atoms with Gasteiger partial charge in [-0.25, -0.2) is 0 Å². The molecule has 0 fully saturated rings. The number of nitrogens with one attached hydrogen (secondary N) is 1. The Morgan fingerprint density at radius 3 is 1.73 bits per heavy atom. The van der Waals surface area contributed by atoms with E-state index in [4.69, 9.17) is 0 Å². The molecule has 1 heteroatoms. The number of hydrogen-bond donors (Lipinski definition) is 1. The van der Waals surface area contributed by atoms with Gasteiger partial charge in [-0.15, -0.1) is 0 Å². The molecular weight excluding hydrogens is 134 g/mol. The molecule has 0 aromatic carbocycles. The van der Waals surface area contributed by atoms with Gasteiger partial charge in [0, 0.05) is 0 Å². The summed E-state index contributed by atoms with van der Waals surface area (Å²) in [6, 6.07) is 0. The minimum atomic E-state index is 0.428. The van der Waals surface area contributed by atoms with Crippen molar-refractivity contribution in [2.75, 3.05) is 13.6 Å². The third-order valence-corrected chi connectivity index (χ3v) is 2.34. The van der Waals surface area contributed by atoms with Crippen LogP contribution in [-0.2, 0) is 0 Å². The van der Waals surface area contributed by atoms with E-state index in [0.29, 0.717) is 5.41 Å². The molecule has 68 valence electrons. The Labute approximate surface area is 71.6 Å². The molecule has 0 saturated heterocycles. The molecule has 0 aliphatic carbocycles. The van der Waals surface area contributed by atoms with Crippen LogP contribution >= 0.6 is 0 Å². The van der Waals surface area contributed by atoms with E-state index in [1.54, 1.807) is 0 Å². The van der Waals surface area contributed by atoms with Gasteiger partial charge >= 0.3 is 0 Å². The van der Waals surface area contributed by atoms with E-state index in [9.17, 15) is 0 Å². The van der Waals surface area contributed by atoms with Crippen LogP contribution in [0.5, 0.6) is 0 Å². The normalized spacial score (nSPS) is 15.5. The lowest BCUT2D eigenvalue weighted by Gasteiger charge is -2.33. The van der Waals surface area contributed by atoms with Gasteiger partial charge in [-0.2, -0.15) is 0 Å². The smallest absolute Gasteiger partial charge is 0.00161 e. The van der Waals surface area contributed by atoms with Crippen LogP contribution in [0.4, 0.5) is 0 Å². The first-order valence-corrected chi connectivity index (χ1v) is 4.54. The molecule has 0 amide bonds. The zero-order valence-electron chi connectivity index (χ0n) is 8.86. The quantitative estimate of drug-likeness (QED) is 0.664. The maximum Gasteiger partial charge on any atom is -0.00161 e. The molecule has 0 spiro atoms. The molecule has 0 rings (SSSR count). The third kappa shape index (κ3) is 3.76. The average molecular weight is 157 g/mol. The molecule has 0 aromatic rings. The van der Waals surface area contributed by atoms with Gasteiger partial charge in [0.2, 0.25) is 0 Å². The van der Waals surface area contributed by atoms with E-state index in [-0.39, 0.29) is 0 Å². The van der Waals surface area contributed by atoms with Crippen molar-refractivity contribution in [3.8, 4) is 0 Å². The Hall–Kier alpha value is -0.0400. The summed E-state index contributed by atoms with van der Waals surface area (Å²) in [6.07, 6.45) is 0. The fourth-order valence-electron chi connectivity index (χ4n) is 1.76. The van der Waals surface area contributed by atoms with Crippen molar-refractivity contribution in [2.24, 2.45) is 17.3 Å². The Morgan fingerprint density at radius 1 is 1.18 bits per heavy atom. The fraction of sp³-hybridized carbons (Fsp3) is 1.00. The summed E-state index contributed by atoms with van der Waals surface area (Å²) in [5, 5.41) is 3.26. The lowest BCUT2D eigenvalue weighted by Crippen LogP contribution is -2.33. The van der Waals surface area contributed by atoms with Gasteiger partial charge in [-0.3, -0.25) is 0 Å². The van der Waals surface area contributed by atoms with Crippen LogP contribution in [0.15, 0.2) is 0 Å². The second-order valence-corrected chi connectivity index (χ2v) is 4.77. The van der Waals surface area contributed by atoms with Crippen molar-refractivity contribution in [3.05, 3.63) is 0 Å². The predicted octanol–water partition coefficient (Wildman–Crippen LogP) is 2.52. The van der Waals surface area contributed by atoms with Crippen LogP contribution in [0.2, 0.25) is 0 Å². The summed E-state index contributed by atoms with van der Waals surface area (Å²) in [4.78, 5) is 0. The first kappa shape index (κ1) is 11.0. The van der Waals surface area contributed by atoms with Crippen molar-refractivity contribution in [1.29, 1.82) is 0 Å². The van der Waals surface area contributed by atoms with Gasteiger partial charge in [0.05, 0.1) is 0 Å². The van der Waals surface area contributed by atoms with Crippen molar-refractivity contribution in [3.63, 3.8) is 0 Å². The van der Waals surface area contributed by atoms with Crippen LogP contribution in [0.1, 0.15) is 34.6 Å². The van der Waals surface area contributed by atoms with Gasteiger partial charge in [0.1, 0.15) is 0 Å². The van der Waals surface area contributed by atoms with Crippen LogP contribution in [-0.4, -0.2) is 13.6 Å². The number of hydrogen-bond acceptors (Lipinski definition) is 1. The largest absolute Gasteiger partial charge is 0.319 e. The van der Waals surface area contributed by atoms with E-state index >= 15 is 0 Å². The Bertz CT molecular complexity index is 99.9. The summed E-state index contributed by atoms with van der Waals surface area (Å²) in [7, 11) is 2.03. The van der Waals surface area contributed by atoms with Gasteiger partial charge in [0.25, 0.3) is 0 Å². The zero-order valence-corrected chi connectivity index (χ0v) is 8.86. The summed E-state index contributed by atoms with van der Waals surface area (Å²) in [5.41, 5.74) is 0.428. The van der Waals surface area contributed by atoms with Gasteiger partial charge < -0.3 is 5.32 Å². The molecule has 0 aromatic heterocycles. The summed E-state index contributed by atoms with van der Waals surface area (Å²) in [5.74, 6) is 1.54. The van der Waals surface area contributed by atoms with Gasteiger partial charge in [0.15, 0.2) is 0 Å². The highest BCUT2D eigenvalue weighted by molar-refractivity contribution is 4.77. The minimum Gasteiger partial charge on any atom is -0.319 e. The first-order valence-electron chi connectivity index (χ1n) is 4.54. The molecule has 0 bridgehead atoms. The molecule has 0 aliphatic rings. The molecule has 0 radical (unpaired) electrons. The van der Waals surface area contributed by atoms with Gasteiger partial charge in [-0.05, 0) is 30.8 Å².